The number of tetrazole rings is 1. The van der Waals surface area contributed by atoms with Crippen LogP contribution in [0, 0.1) is 0 Å². The lowest BCUT2D eigenvalue weighted by atomic mass is 10.1. The first-order valence-corrected chi connectivity index (χ1v) is 9.20. The van der Waals surface area contributed by atoms with E-state index >= 15 is 0 Å². The number of carbonyl (C=O) groups is 1. The Morgan fingerprint density at radius 2 is 2.04 bits per heavy atom. The summed E-state index contributed by atoms with van der Waals surface area (Å²) in [4.78, 5) is 14.4. The van der Waals surface area contributed by atoms with Gasteiger partial charge in [-0.3, -0.25) is 9.69 Å². The molecule has 0 spiro atoms. The molecule has 0 aliphatic carbocycles. The van der Waals surface area contributed by atoms with Crippen molar-refractivity contribution >= 4 is 5.91 Å². The second-order valence-electron chi connectivity index (χ2n) is 6.49. The molecule has 0 unspecified atom stereocenters. The van der Waals surface area contributed by atoms with Crippen LogP contribution in [-0.2, 0) is 29.6 Å². The standard InChI is InChI=1S/C18H26N6O3/c1-23-17(20-21-22-23)14-27-16-5-3-15(4-6-16)13-18(25)19-7-2-8-24-9-11-26-12-10-24/h3-6H,2,7-14H2,1H3,(H,19,25). The number of hydrogen-bond donors (Lipinski definition) is 1. The number of amides is 1. The molecule has 1 N–H and O–H groups in total. The molecule has 2 heterocycles. The topological polar surface area (TPSA) is 94.4 Å². The number of carbonyl (C=O) groups excluding carboxylic acids is 1. The highest BCUT2D eigenvalue weighted by molar-refractivity contribution is 5.78. The molecule has 1 amide bonds. The predicted octanol–water partition coefficient (Wildman–Crippen LogP) is 0.170. The summed E-state index contributed by atoms with van der Waals surface area (Å²) in [6.45, 7) is 5.57. The molecule has 1 aliphatic rings. The van der Waals surface area contributed by atoms with Gasteiger partial charge < -0.3 is 14.8 Å². The van der Waals surface area contributed by atoms with Gasteiger partial charge in [0.05, 0.1) is 19.6 Å². The zero-order valence-electron chi connectivity index (χ0n) is 15.6. The summed E-state index contributed by atoms with van der Waals surface area (Å²) in [6, 6.07) is 7.50. The zero-order chi connectivity index (χ0) is 18.9. The van der Waals surface area contributed by atoms with Crippen molar-refractivity contribution in [2.24, 2.45) is 7.05 Å². The normalized spacial score (nSPS) is 14.9. The van der Waals surface area contributed by atoms with Gasteiger partial charge in [0.2, 0.25) is 5.91 Å². The second-order valence-corrected chi connectivity index (χ2v) is 6.49. The number of morpholine rings is 1. The predicted molar refractivity (Wildman–Crippen MR) is 98.2 cm³/mol. The molecule has 1 aliphatic heterocycles. The third-order valence-corrected chi connectivity index (χ3v) is 4.44. The lowest BCUT2D eigenvalue weighted by Gasteiger charge is -2.26. The van der Waals surface area contributed by atoms with Crippen molar-refractivity contribution in [3.63, 3.8) is 0 Å². The first-order valence-electron chi connectivity index (χ1n) is 9.20. The summed E-state index contributed by atoms with van der Waals surface area (Å²) in [7, 11) is 1.77. The van der Waals surface area contributed by atoms with Crippen molar-refractivity contribution < 1.29 is 14.3 Å². The number of nitrogens with zero attached hydrogens (tertiary/aromatic N) is 5. The van der Waals surface area contributed by atoms with Crippen LogP contribution in [0.3, 0.4) is 0 Å². The van der Waals surface area contributed by atoms with Crippen molar-refractivity contribution in [2.75, 3.05) is 39.4 Å². The Balaban J connectivity index is 1.33. The molecule has 1 aromatic carbocycles. The molecule has 0 radical (unpaired) electrons. The maximum absolute atomic E-state index is 12.1. The van der Waals surface area contributed by atoms with E-state index < -0.39 is 0 Å². The molecule has 0 atom stereocenters. The Bertz CT molecular complexity index is 712. The summed E-state index contributed by atoms with van der Waals surface area (Å²) in [5.41, 5.74) is 0.952. The van der Waals surface area contributed by atoms with Gasteiger partial charge >= 0.3 is 0 Å². The van der Waals surface area contributed by atoms with Crippen LogP contribution in [0.1, 0.15) is 17.8 Å². The van der Waals surface area contributed by atoms with E-state index in [0.29, 0.717) is 31.1 Å². The van der Waals surface area contributed by atoms with Crippen molar-refractivity contribution in [3.8, 4) is 5.75 Å². The van der Waals surface area contributed by atoms with E-state index in [1.165, 1.54) is 0 Å². The third-order valence-electron chi connectivity index (χ3n) is 4.44. The van der Waals surface area contributed by atoms with Crippen LogP contribution in [-0.4, -0.2) is 70.4 Å². The molecule has 1 aromatic heterocycles. The fraction of sp³-hybridized carbons (Fsp3) is 0.556. The Kier molecular flexibility index (Phi) is 7.11. The Hall–Kier alpha value is -2.52. The molecule has 27 heavy (non-hydrogen) atoms. The van der Waals surface area contributed by atoms with Crippen LogP contribution in [0.15, 0.2) is 24.3 Å². The van der Waals surface area contributed by atoms with E-state index in [-0.39, 0.29) is 5.91 Å². The van der Waals surface area contributed by atoms with Gasteiger partial charge in [0.15, 0.2) is 5.82 Å². The summed E-state index contributed by atoms with van der Waals surface area (Å²) in [6.07, 6.45) is 1.32. The van der Waals surface area contributed by atoms with Gasteiger partial charge in [-0.25, -0.2) is 4.68 Å². The minimum absolute atomic E-state index is 0.0378. The highest BCUT2D eigenvalue weighted by atomic mass is 16.5. The highest BCUT2D eigenvalue weighted by Gasteiger charge is 2.10. The quantitative estimate of drug-likeness (QED) is 0.625. The first-order chi connectivity index (χ1) is 13.2. The van der Waals surface area contributed by atoms with Crippen LogP contribution in [0.25, 0.3) is 0 Å². The molecule has 0 saturated carbocycles. The van der Waals surface area contributed by atoms with E-state index in [2.05, 4.69) is 25.7 Å². The van der Waals surface area contributed by atoms with Gasteiger partial charge in [-0.05, 0) is 41.1 Å². The molecule has 146 valence electrons. The zero-order valence-corrected chi connectivity index (χ0v) is 15.6. The maximum Gasteiger partial charge on any atom is 0.224 e. The first kappa shape index (κ1) is 19.2. The Morgan fingerprint density at radius 1 is 1.26 bits per heavy atom. The molecular formula is C18H26N6O3. The minimum Gasteiger partial charge on any atom is -0.486 e. The van der Waals surface area contributed by atoms with Crippen LogP contribution in [0.2, 0.25) is 0 Å². The van der Waals surface area contributed by atoms with Gasteiger partial charge in [-0.1, -0.05) is 12.1 Å². The van der Waals surface area contributed by atoms with Crippen molar-refractivity contribution in [1.29, 1.82) is 0 Å². The average Bonchev–Trinajstić information content (AvgIpc) is 3.10. The molecule has 9 nitrogen and oxygen atoms in total. The smallest absolute Gasteiger partial charge is 0.224 e. The average molecular weight is 374 g/mol. The maximum atomic E-state index is 12.1. The van der Waals surface area contributed by atoms with Crippen molar-refractivity contribution in [2.45, 2.75) is 19.4 Å². The van der Waals surface area contributed by atoms with E-state index in [1.54, 1.807) is 11.7 Å². The van der Waals surface area contributed by atoms with Gasteiger partial charge in [0.1, 0.15) is 12.4 Å². The van der Waals surface area contributed by atoms with E-state index in [4.69, 9.17) is 9.47 Å². The molecule has 2 aromatic rings. The SMILES string of the molecule is Cn1nnnc1COc1ccc(CC(=O)NCCCN2CCOCC2)cc1. The molecule has 9 heteroatoms. The van der Waals surface area contributed by atoms with Crippen molar-refractivity contribution in [1.82, 2.24) is 30.4 Å². The van der Waals surface area contributed by atoms with E-state index in [1.807, 2.05) is 24.3 Å². The fourth-order valence-electron chi connectivity index (χ4n) is 2.82. The number of nitrogens with one attached hydrogen (secondary N) is 1. The second kappa shape index (κ2) is 9.98. The highest BCUT2D eigenvalue weighted by Crippen LogP contribution is 2.14. The molecule has 1 fully saturated rings. The summed E-state index contributed by atoms with van der Waals surface area (Å²) in [5.74, 6) is 1.40. The lowest BCUT2D eigenvalue weighted by Crippen LogP contribution is -2.38. The molecule has 1 saturated heterocycles. The number of ether oxygens (including phenoxy) is 2. The minimum atomic E-state index is 0.0378. The largest absolute Gasteiger partial charge is 0.486 e. The number of aromatic nitrogens is 4. The monoisotopic (exact) mass is 374 g/mol. The van der Waals surface area contributed by atoms with Gasteiger partial charge in [-0.15, -0.1) is 5.10 Å². The fourth-order valence-corrected chi connectivity index (χ4v) is 2.82. The van der Waals surface area contributed by atoms with Gasteiger partial charge in [-0.2, -0.15) is 0 Å². The molecule has 0 bridgehead atoms. The Morgan fingerprint density at radius 3 is 2.74 bits per heavy atom. The summed E-state index contributed by atoms with van der Waals surface area (Å²) >= 11 is 0. The number of aryl methyl sites for hydroxylation is 1. The third kappa shape index (κ3) is 6.30. The number of hydrogen-bond acceptors (Lipinski definition) is 7. The van der Waals surface area contributed by atoms with Gasteiger partial charge in [0.25, 0.3) is 0 Å². The Labute approximate surface area is 158 Å². The van der Waals surface area contributed by atoms with Crippen molar-refractivity contribution in [3.05, 3.63) is 35.7 Å². The molecular weight excluding hydrogens is 348 g/mol. The number of benzene rings is 1. The molecule has 3 rings (SSSR count). The van der Waals surface area contributed by atoms with E-state index in [9.17, 15) is 4.79 Å². The van der Waals surface area contributed by atoms with E-state index in [0.717, 1.165) is 44.8 Å². The van der Waals surface area contributed by atoms with Crippen LogP contribution in [0.5, 0.6) is 5.75 Å². The van der Waals surface area contributed by atoms with Crippen LogP contribution >= 0.6 is 0 Å². The number of rotatable bonds is 9. The van der Waals surface area contributed by atoms with Crippen LogP contribution in [0.4, 0.5) is 0 Å². The van der Waals surface area contributed by atoms with Crippen LogP contribution < -0.4 is 10.1 Å². The van der Waals surface area contributed by atoms with Gasteiger partial charge in [0, 0.05) is 26.7 Å². The summed E-state index contributed by atoms with van der Waals surface area (Å²) < 4.78 is 12.5. The lowest BCUT2D eigenvalue weighted by molar-refractivity contribution is -0.120. The summed E-state index contributed by atoms with van der Waals surface area (Å²) in [5, 5.41) is 14.2.